The number of fused-ring (bicyclic) bond motifs is 3. The Morgan fingerprint density at radius 2 is 1.67 bits per heavy atom. The number of allylic oxidation sites excluding steroid dienone is 2. The highest BCUT2D eigenvalue weighted by Crippen LogP contribution is 2.52. The molecule has 1 heterocycles. The van der Waals surface area contributed by atoms with E-state index in [1.165, 1.54) is 11.1 Å². The van der Waals surface area contributed by atoms with Crippen LogP contribution in [0.2, 0.25) is 5.02 Å². The summed E-state index contributed by atoms with van der Waals surface area (Å²) in [6, 6.07) is 24.6. The van der Waals surface area contributed by atoms with Crippen LogP contribution in [0, 0.1) is 5.92 Å². The lowest BCUT2D eigenvalue weighted by Gasteiger charge is -2.38. The zero-order chi connectivity index (χ0) is 20.3. The molecule has 152 valence electrons. The van der Waals surface area contributed by atoms with E-state index < -0.39 is 0 Å². The fourth-order valence-electron chi connectivity index (χ4n) is 4.54. The molecule has 0 amide bonds. The molecule has 3 atom stereocenters. The third-order valence-electron chi connectivity index (χ3n) is 5.94. The van der Waals surface area contributed by atoms with E-state index in [2.05, 4.69) is 41.7 Å². The first-order chi connectivity index (χ1) is 14.8. The molecule has 2 aliphatic rings. The van der Waals surface area contributed by atoms with Gasteiger partial charge in [-0.3, -0.25) is 0 Å². The standard InChI is InChI=1S/C26H24ClNO2/c27-19-14-12-18(13-15-19)25-22-9-4-8-21(22)23-10-5-11-24(26(23)28-25)30-17-16-29-20-6-2-1-3-7-20/h1-8,10-15,21-22,25,28H,9,16-17H2. The maximum absolute atomic E-state index is 6.15. The first-order valence-corrected chi connectivity index (χ1v) is 10.8. The van der Waals surface area contributed by atoms with E-state index in [0.717, 1.165) is 28.6 Å². The number of nitrogens with one attached hydrogen (secondary N) is 1. The molecule has 4 heteroatoms. The largest absolute Gasteiger partial charge is 0.490 e. The number of para-hydroxylation sites is 2. The quantitative estimate of drug-likeness (QED) is 0.361. The summed E-state index contributed by atoms with van der Waals surface area (Å²) in [4.78, 5) is 0. The van der Waals surface area contributed by atoms with Crippen LogP contribution < -0.4 is 14.8 Å². The topological polar surface area (TPSA) is 30.5 Å². The Kier molecular flexibility index (Phi) is 5.37. The molecule has 3 aromatic carbocycles. The average Bonchev–Trinajstić information content (AvgIpc) is 3.28. The molecule has 1 N–H and O–H groups in total. The summed E-state index contributed by atoms with van der Waals surface area (Å²) in [5.41, 5.74) is 3.65. The van der Waals surface area contributed by atoms with Crippen molar-refractivity contribution in [1.82, 2.24) is 0 Å². The third kappa shape index (κ3) is 3.78. The molecule has 0 fully saturated rings. The van der Waals surface area contributed by atoms with Gasteiger partial charge in [-0.15, -0.1) is 0 Å². The van der Waals surface area contributed by atoms with Gasteiger partial charge in [-0.25, -0.2) is 0 Å². The highest BCUT2D eigenvalue weighted by Gasteiger charge is 2.38. The normalized spacial score (nSPS) is 21.4. The van der Waals surface area contributed by atoms with Crippen LogP contribution in [0.15, 0.2) is 84.9 Å². The molecule has 30 heavy (non-hydrogen) atoms. The van der Waals surface area contributed by atoms with Gasteiger partial charge in [0.25, 0.3) is 0 Å². The van der Waals surface area contributed by atoms with Crippen molar-refractivity contribution >= 4 is 17.3 Å². The summed E-state index contributed by atoms with van der Waals surface area (Å²) in [5, 5.41) is 4.54. The molecule has 0 aromatic heterocycles. The van der Waals surface area contributed by atoms with E-state index >= 15 is 0 Å². The summed E-state index contributed by atoms with van der Waals surface area (Å²) >= 11 is 6.12. The van der Waals surface area contributed by atoms with Crippen LogP contribution in [0.1, 0.15) is 29.5 Å². The molecule has 3 nitrogen and oxygen atoms in total. The number of anilines is 1. The van der Waals surface area contributed by atoms with E-state index in [-0.39, 0.29) is 6.04 Å². The van der Waals surface area contributed by atoms with Crippen molar-refractivity contribution in [3.63, 3.8) is 0 Å². The van der Waals surface area contributed by atoms with Gasteiger partial charge in [-0.1, -0.05) is 66.2 Å². The minimum atomic E-state index is 0.222. The summed E-state index contributed by atoms with van der Waals surface area (Å²) in [7, 11) is 0. The molecule has 0 spiro atoms. The van der Waals surface area contributed by atoms with Gasteiger partial charge in [0.2, 0.25) is 0 Å². The van der Waals surface area contributed by atoms with E-state index in [4.69, 9.17) is 21.1 Å². The van der Waals surface area contributed by atoms with Gasteiger partial charge in [0.15, 0.2) is 0 Å². The van der Waals surface area contributed by atoms with Gasteiger partial charge >= 0.3 is 0 Å². The molecule has 5 rings (SSSR count). The summed E-state index contributed by atoms with van der Waals surface area (Å²) < 4.78 is 11.9. The van der Waals surface area contributed by atoms with Gasteiger partial charge in [-0.2, -0.15) is 0 Å². The van der Waals surface area contributed by atoms with Gasteiger partial charge in [-0.05, 0) is 53.8 Å². The van der Waals surface area contributed by atoms with Crippen LogP contribution in [0.5, 0.6) is 11.5 Å². The Bertz CT molecular complexity index is 1030. The van der Waals surface area contributed by atoms with Crippen molar-refractivity contribution in [2.24, 2.45) is 5.92 Å². The third-order valence-corrected chi connectivity index (χ3v) is 6.19. The van der Waals surface area contributed by atoms with Crippen molar-refractivity contribution in [3.8, 4) is 11.5 Å². The first-order valence-electron chi connectivity index (χ1n) is 10.4. The molecule has 0 radical (unpaired) electrons. The van der Waals surface area contributed by atoms with E-state index in [1.807, 2.05) is 48.5 Å². The number of ether oxygens (including phenoxy) is 2. The van der Waals surface area contributed by atoms with Crippen LogP contribution >= 0.6 is 11.6 Å². The van der Waals surface area contributed by atoms with Crippen molar-refractivity contribution < 1.29 is 9.47 Å². The van der Waals surface area contributed by atoms with Crippen LogP contribution in [-0.2, 0) is 0 Å². The predicted molar refractivity (Wildman–Crippen MR) is 122 cm³/mol. The van der Waals surface area contributed by atoms with Gasteiger partial charge in [0, 0.05) is 10.9 Å². The maximum atomic E-state index is 6.15. The molecule has 3 aromatic rings. The maximum Gasteiger partial charge on any atom is 0.142 e. The lowest BCUT2D eigenvalue weighted by atomic mass is 9.77. The molecule has 0 saturated carbocycles. The Balaban J connectivity index is 1.35. The van der Waals surface area contributed by atoms with Crippen LogP contribution in [0.4, 0.5) is 5.69 Å². The zero-order valence-electron chi connectivity index (χ0n) is 16.6. The lowest BCUT2D eigenvalue weighted by molar-refractivity contribution is 0.217. The van der Waals surface area contributed by atoms with Crippen LogP contribution in [0.25, 0.3) is 0 Å². The van der Waals surface area contributed by atoms with Crippen LogP contribution in [0.3, 0.4) is 0 Å². The second-order valence-corrected chi connectivity index (χ2v) is 8.19. The SMILES string of the molecule is Clc1ccc(C2Nc3c(OCCOc4ccccc4)cccc3C3C=CCC32)cc1. The molecule has 0 saturated heterocycles. The van der Waals surface area contributed by atoms with Gasteiger partial charge in [0.1, 0.15) is 24.7 Å². The summed E-state index contributed by atoms with van der Waals surface area (Å²) in [6.45, 7) is 0.989. The van der Waals surface area contributed by atoms with Gasteiger partial charge in [0.05, 0.1) is 11.7 Å². The van der Waals surface area contributed by atoms with Crippen LogP contribution in [-0.4, -0.2) is 13.2 Å². The Morgan fingerprint density at radius 3 is 2.50 bits per heavy atom. The Labute approximate surface area is 182 Å². The number of benzene rings is 3. The van der Waals surface area contributed by atoms with Crippen molar-refractivity contribution in [3.05, 3.63) is 101 Å². The van der Waals surface area contributed by atoms with Crippen molar-refractivity contribution in [1.29, 1.82) is 0 Å². The van der Waals surface area contributed by atoms with E-state index in [1.54, 1.807) is 0 Å². The Morgan fingerprint density at radius 1 is 0.867 bits per heavy atom. The number of hydrogen-bond acceptors (Lipinski definition) is 3. The highest BCUT2D eigenvalue weighted by molar-refractivity contribution is 6.30. The fourth-order valence-corrected chi connectivity index (χ4v) is 4.67. The molecular weight excluding hydrogens is 394 g/mol. The van der Waals surface area contributed by atoms with E-state index in [9.17, 15) is 0 Å². The molecular formula is C26H24ClNO2. The average molecular weight is 418 g/mol. The number of halogens is 1. The first kappa shape index (κ1) is 19.1. The monoisotopic (exact) mass is 417 g/mol. The molecule has 3 unspecified atom stereocenters. The molecule has 1 aliphatic carbocycles. The fraction of sp³-hybridized carbons (Fsp3) is 0.231. The second-order valence-electron chi connectivity index (χ2n) is 7.76. The number of hydrogen-bond donors (Lipinski definition) is 1. The zero-order valence-corrected chi connectivity index (χ0v) is 17.4. The highest BCUT2D eigenvalue weighted by atomic mass is 35.5. The van der Waals surface area contributed by atoms with Crippen molar-refractivity contribution in [2.45, 2.75) is 18.4 Å². The lowest BCUT2D eigenvalue weighted by Crippen LogP contribution is -2.29. The van der Waals surface area contributed by atoms with Crippen molar-refractivity contribution in [2.75, 3.05) is 18.5 Å². The van der Waals surface area contributed by atoms with Gasteiger partial charge < -0.3 is 14.8 Å². The minimum Gasteiger partial charge on any atom is -0.490 e. The summed E-state index contributed by atoms with van der Waals surface area (Å²) in [5.74, 6) is 2.62. The molecule has 1 aliphatic heterocycles. The van der Waals surface area contributed by atoms with E-state index in [0.29, 0.717) is 25.0 Å². The minimum absolute atomic E-state index is 0.222. The molecule has 0 bridgehead atoms. The second kappa shape index (κ2) is 8.45. The smallest absolute Gasteiger partial charge is 0.142 e. The summed E-state index contributed by atoms with van der Waals surface area (Å²) in [6.07, 6.45) is 5.71. The number of rotatable bonds is 6. The predicted octanol–water partition coefficient (Wildman–Crippen LogP) is 6.62. The Hall–Kier alpha value is -2.91.